The fourth-order valence-electron chi connectivity index (χ4n) is 2.05. The van der Waals surface area contributed by atoms with Crippen molar-refractivity contribution in [1.29, 1.82) is 0 Å². The molecular formula is C14H19FN2O2. The minimum Gasteiger partial charge on any atom is -0.381 e. The van der Waals surface area contributed by atoms with Crippen LogP contribution in [0, 0.1) is 5.82 Å². The molecule has 1 heterocycles. The predicted molar refractivity (Wildman–Crippen MR) is 71.5 cm³/mol. The zero-order chi connectivity index (χ0) is 13.7. The highest BCUT2D eigenvalue weighted by atomic mass is 19.1. The minimum absolute atomic E-state index is 0.0785. The maximum Gasteiger partial charge on any atom is 0.238 e. The van der Waals surface area contributed by atoms with E-state index in [-0.39, 0.29) is 23.7 Å². The Kier molecular flexibility index (Phi) is 4.50. The van der Waals surface area contributed by atoms with Gasteiger partial charge in [-0.1, -0.05) is 12.1 Å². The van der Waals surface area contributed by atoms with Crippen molar-refractivity contribution in [2.24, 2.45) is 0 Å². The summed E-state index contributed by atoms with van der Waals surface area (Å²) >= 11 is 0. The highest BCUT2D eigenvalue weighted by Crippen LogP contribution is 2.19. The molecule has 0 unspecified atom stereocenters. The summed E-state index contributed by atoms with van der Waals surface area (Å²) in [6.07, 6.45) is 1.75. The number of hydrogen-bond acceptors (Lipinski definition) is 3. The summed E-state index contributed by atoms with van der Waals surface area (Å²) in [5.74, 6) is -0.661. The van der Waals surface area contributed by atoms with E-state index in [1.807, 2.05) is 0 Å². The van der Waals surface area contributed by atoms with Crippen LogP contribution in [0.4, 0.5) is 10.1 Å². The summed E-state index contributed by atoms with van der Waals surface area (Å²) in [6, 6.07) is 6.14. The summed E-state index contributed by atoms with van der Waals surface area (Å²) in [6.45, 7) is 3.66. The Balaban J connectivity index is 1.83. The topological polar surface area (TPSA) is 50.4 Å². The Morgan fingerprint density at radius 2 is 2.05 bits per heavy atom. The molecule has 0 aromatic heterocycles. The van der Waals surface area contributed by atoms with E-state index in [0.717, 1.165) is 12.8 Å². The van der Waals surface area contributed by atoms with E-state index in [0.29, 0.717) is 13.2 Å². The first kappa shape index (κ1) is 14.0. The molecule has 1 aromatic rings. The van der Waals surface area contributed by atoms with Crippen LogP contribution in [-0.2, 0) is 9.53 Å². The van der Waals surface area contributed by atoms with Crippen molar-refractivity contribution in [2.75, 3.05) is 25.1 Å². The van der Waals surface area contributed by atoms with E-state index in [2.05, 4.69) is 17.6 Å². The van der Waals surface area contributed by atoms with Crippen LogP contribution < -0.4 is 10.6 Å². The lowest BCUT2D eigenvalue weighted by Crippen LogP contribution is -2.49. The molecule has 1 amide bonds. The van der Waals surface area contributed by atoms with Gasteiger partial charge in [-0.05, 0) is 31.9 Å². The number of halogens is 1. The molecule has 2 rings (SSSR count). The molecule has 5 heteroatoms. The Morgan fingerprint density at radius 1 is 1.37 bits per heavy atom. The van der Waals surface area contributed by atoms with Gasteiger partial charge in [-0.25, -0.2) is 4.39 Å². The second-order valence-corrected chi connectivity index (χ2v) is 5.05. The van der Waals surface area contributed by atoms with Crippen LogP contribution in [0.2, 0.25) is 0 Å². The fourth-order valence-corrected chi connectivity index (χ4v) is 2.05. The molecule has 19 heavy (non-hydrogen) atoms. The molecule has 0 radical (unpaired) electrons. The number of rotatable bonds is 4. The monoisotopic (exact) mass is 266 g/mol. The molecule has 1 aromatic carbocycles. The first-order valence-corrected chi connectivity index (χ1v) is 6.46. The number of hydrogen-bond donors (Lipinski definition) is 2. The van der Waals surface area contributed by atoms with E-state index in [9.17, 15) is 9.18 Å². The Morgan fingerprint density at radius 3 is 2.74 bits per heavy atom. The van der Waals surface area contributed by atoms with Gasteiger partial charge < -0.3 is 15.4 Å². The van der Waals surface area contributed by atoms with Gasteiger partial charge in [0, 0.05) is 18.8 Å². The third-order valence-corrected chi connectivity index (χ3v) is 3.42. The van der Waals surface area contributed by atoms with E-state index < -0.39 is 5.82 Å². The van der Waals surface area contributed by atoms with Crippen molar-refractivity contribution in [2.45, 2.75) is 25.3 Å². The quantitative estimate of drug-likeness (QED) is 0.875. The molecule has 0 atom stereocenters. The SMILES string of the molecule is CC1(NCC(=O)Nc2ccccc2F)CCOCC1. The first-order valence-electron chi connectivity index (χ1n) is 6.46. The van der Waals surface area contributed by atoms with Gasteiger partial charge in [-0.3, -0.25) is 4.79 Å². The van der Waals surface area contributed by atoms with Gasteiger partial charge >= 0.3 is 0 Å². The Labute approximate surface area is 112 Å². The molecule has 1 fully saturated rings. The number of carbonyl (C=O) groups excluding carboxylic acids is 1. The van der Waals surface area contributed by atoms with Gasteiger partial charge in [0.15, 0.2) is 0 Å². The predicted octanol–water partition coefficient (Wildman–Crippen LogP) is 1.92. The summed E-state index contributed by atoms with van der Waals surface area (Å²) < 4.78 is 18.7. The van der Waals surface area contributed by atoms with Gasteiger partial charge in [0.05, 0.1) is 12.2 Å². The third-order valence-electron chi connectivity index (χ3n) is 3.42. The lowest BCUT2D eigenvalue weighted by molar-refractivity contribution is -0.116. The lowest BCUT2D eigenvalue weighted by atomic mass is 9.92. The minimum atomic E-state index is -0.423. The summed E-state index contributed by atoms with van der Waals surface area (Å²) in [4.78, 5) is 11.8. The number of ether oxygens (including phenoxy) is 1. The van der Waals surface area contributed by atoms with Crippen LogP contribution in [0.1, 0.15) is 19.8 Å². The summed E-state index contributed by atoms with van der Waals surface area (Å²) in [5, 5.41) is 5.78. The number of carbonyl (C=O) groups is 1. The highest BCUT2D eigenvalue weighted by Gasteiger charge is 2.27. The van der Waals surface area contributed by atoms with E-state index in [1.54, 1.807) is 18.2 Å². The van der Waals surface area contributed by atoms with Gasteiger partial charge in [-0.15, -0.1) is 0 Å². The average Bonchev–Trinajstić information content (AvgIpc) is 2.40. The normalized spacial score (nSPS) is 18.0. The number of para-hydroxylation sites is 1. The van der Waals surface area contributed by atoms with Gasteiger partial charge in [0.1, 0.15) is 5.82 Å². The van der Waals surface area contributed by atoms with Gasteiger partial charge in [0.2, 0.25) is 5.91 Å². The zero-order valence-electron chi connectivity index (χ0n) is 11.0. The number of nitrogens with one attached hydrogen (secondary N) is 2. The highest BCUT2D eigenvalue weighted by molar-refractivity contribution is 5.92. The summed E-state index contributed by atoms with van der Waals surface area (Å²) in [5.41, 5.74) is 0.136. The van der Waals surface area contributed by atoms with Crippen molar-refractivity contribution in [3.05, 3.63) is 30.1 Å². The largest absolute Gasteiger partial charge is 0.381 e. The molecule has 0 bridgehead atoms. The second-order valence-electron chi connectivity index (χ2n) is 5.05. The van der Waals surface area contributed by atoms with Crippen molar-refractivity contribution in [3.8, 4) is 0 Å². The van der Waals surface area contributed by atoms with Crippen molar-refractivity contribution < 1.29 is 13.9 Å². The van der Waals surface area contributed by atoms with E-state index >= 15 is 0 Å². The molecule has 0 saturated carbocycles. The molecular weight excluding hydrogens is 247 g/mol. The van der Waals surface area contributed by atoms with Crippen LogP contribution in [0.3, 0.4) is 0 Å². The van der Waals surface area contributed by atoms with Gasteiger partial charge in [0.25, 0.3) is 0 Å². The number of anilines is 1. The van der Waals surface area contributed by atoms with Crippen molar-refractivity contribution in [3.63, 3.8) is 0 Å². The van der Waals surface area contributed by atoms with Crippen LogP contribution >= 0.6 is 0 Å². The summed E-state index contributed by atoms with van der Waals surface area (Å²) in [7, 11) is 0. The maximum absolute atomic E-state index is 13.4. The molecule has 1 aliphatic heterocycles. The molecule has 4 nitrogen and oxygen atoms in total. The second kappa shape index (κ2) is 6.12. The Bertz CT molecular complexity index is 445. The number of benzene rings is 1. The van der Waals surface area contributed by atoms with Crippen LogP contribution in [0.5, 0.6) is 0 Å². The van der Waals surface area contributed by atoms with Crippen molar-refractivity contribution in [1.82, 2.24) is 5.32 Å². The maximum atomic E-state index is 13.4. The number of amides is 1. The molecule has 1 aliphatic rings. The molecule has 0 aliphatic carbocycles. The first-order chi connectivity index (χ1) is 9.09. The van der Waals surface area contributed by atoms with Crippen LogP contribution in [-0.4, -0.2) is 31.2 Å². The van der Waals surface area contributed by atoms with E-state index in [1.165, 1.54) is 6.07 Å². The fraction of sp³-hybridized carbons (Fsp3) is 0.500. The van der Waals surface area contributed by atoms with Crippen LogP contribution in [0.15, 0.2) is 24.3 Å². The molecule has 1 saturated heterocycles. The zero-order valence-corrected chi connectivity index (χ0v) is 11.0. The third kappa shape index (κ3) is 4.01. The standard InChI is InChI=1S/C14H19FN2O2/c1-14(6-8-19-9-7-14)16-10-13(18)17-12-5-3-2-4-11(12)15/h2-5,16H,6-10H2,1H3,(H,17,18). The van der Waals surface area contributed by atoms with E-state index in [4.69, 9.17) is 4.74 Å². The molecule has 0 spiro atoms. The molecule has 104 valence electrons. The Hall–Kier alpha value is -1.46. The molecule has 2 N–H and O–H groups in total. The lowest BCUT2D eigenvalue weighted by Gasteiger charge is -2.34. The van der Waals surface area contributed by atoms with Crippen LogP contribution in [0.25, 0.3) is 0 Å². The smallest absolute Gasteiger partial charge is 0.238 e. The van der Waals surface area contributed by atoms with Crippen molar-refractivity contribution >= 4 is 11.6 Å². The average molecular weight is 266 g/mol. The van der Waals surface area contributed by atoms with Gasteiger partial charge in [-0.2, -0.15) is 0 Å².